The second-order valence-corrected chi connectivity index (χ2v) is 7.04. The van der Waals surface area contributed by atoms with E-state index in [2.05, 4.69) is 10.3 Å². The summed E-state index contributed by atoms with van der Waals surface area (Å²) in [5.74, 6) is 2.06. The summed E-state index contributed by atoms with van der Waals surface area (Å²) in [4.78, 5) is 15.7. The summed E-state index contributed by atoms with van der Waals surface area (Å²) in [6, 6.07) is 17.7. The van der Waals surface area contributed by atoms with Gasteiger partial charge in [-0.15, -0.1) is 0 Å². The summed E-state index contributed by atoms with van der Waals surface area (Å²) >= 11 is 0. The van der Waals surface area contributed by atoms with Gasteiger partial charge in [-0.1, -0.05) is 30.3 Å². The summed E-state index contributed by atoms with van der Waals surface area (Å²) in [6.07, 6.45) is 0.664. The number of carbonyl (C=O) groups excluding carboxylic acids is 1. The highest BCUT2D eigenvalue weighted by molar-refractivity contribution is 5.72. The van der Waals surface area contributed by atoms with Crippen LogP contribution in [0.5, 0.6) is 5.75 Å². The van der Waals surface area contributed by atoms with Crippen LogP contribution in [0, 0.1) is 6.92 Å². The van der Waals surface area contributed by atoms with E-state index >= 15 is 0 Å². The van der Waals surface area contributed by atoms with Crippen molar-refractivity contribution >= 4 is 5.91 Å². The van der Waals surface area contributed by atoms with Crippen LogP contribution in [-0.4, -0.2) is 30.1 Å². The van der Waals surface area contributed by atoms with E-state index in [1.807, 2.05) is 68.4 Å². The Morgan fingerprint density at radius 2 is 1.87 bits per heavy atom. The smallest absolute Gasteiger partial charge is 0.226 e. The van der Waals surface area contributed by atoms with Crippen LogP contribution < -0.4 is 10.1 Å². The second-order valence-electron chi connectivity index (χ2n) is 7.04. The van der Waals surface area contributed by atoms with Crippen LogP contribution in [0.4, 0.5) is 0 Å². The van der Waals surface area contributed by atoms with Crippen LogP contribution in [0.2, 0.25) is 0 Å². The molecule has 1 amide bonds. The summed E-state index contributed by atoms with van der Waals surface area (Å²) in [5.41, 5.74) is 2.85. The number of amides is 1. The molecule has 0 saturated carbocycles. The monoisotopic (exact) mass is 408 g/mol. The van der Waals surface area contributed by atoms with Gasteiger partial charge in [-0.3, -0.25) is 4.79 Å². The summed E-state index contributed by atoms with van der Waals surface area (Å²) in [5, 5.41) is 2.82. The van der Waals surface area contributed by atoms with Crippen LogP contribution in [0.3, 0.4) is 0 Å². The van der Waals surface area contributed by atoms with E-state index in [1.165, 1.54) is 6.92 Å². The fourth-order valence-corrected chi connectivity index (χ4v) is 3.09. The van der Waals surface area contributed by atoms with Crippen molar-refractivity contribution in [2.45, 2.75) is 39.9 Å². The molecule has 6 heteroatoms. The molecule has 2 aromatic carbocycles. The predicted molar refractivity (Wildman–Crippen MR) is 115 cm³/mol. The first-order valence-electron chi connectivity index (χ1n) is 10.1. The van der Waals surface area contributed by atoms with E-state index < -0.39 is 0 Å². The Hall–Kier alpha value is -3.12. The normalized spacial score (nSPS) is 11.8. The van der Waals surface area contributed by atoms with Gasteiger partial charge in [0.15, 0.2) is 0 Å². The molecule has 30 heavy (non-hydrogen) atoms. The number of rotatable bonds is 10. The Bertz CT molecular complexity index is 936. The Morgan fingerprint density at radius 3 is 2.53 bits per heavy atom. The molecule has 0 aliphatic rings. The van der Waals surface area contributed by atoms with Gasteiger partial charge < -0.3 is 19.2 Å². The van der Waals surface area contributed by atoms with E-state index in [4.69, 9.17) is 13.9 Å². The van der Waals surface area contributed by atoms with Gasteiger partial charge in [0, 0.05) is 32.1 Å². The van der Waals surface area contributed by atoms with Gasteiger partial charge in [0.05, 0.1) is 6.10 Å². The number of ether oxygens (including phenoxy) is 2. The third kappa shape index (κ3) is 6.19. The third-order valence-corrected chi connectivity index (χ3v) is 4.66. The zero-order chi connectivity index (χ0) is 21.3. The molecule has 6 nitrogen and oxygen atoms in total. The Kier molecular flexibility index (Phi) is 7.63. The highest BCUT2D eigenvalue weighted by Crippen LogP contribution is 2.23. The second kappa shape index (κ2) is 10.6. The molecular weight excluding hydrogens is 380 g/mol. The predicted octanol–water partition coefficient (Wildman–Crippen LogP) is 4.31. The lowest BCUT2D eigenvalue weighted by atomic mass is 10.1. The van der Waals surface area contributed by atoms with Crippen LogP contribution in [0.25, 0.3) is 11.5 Å². The fourth-order valence-electron chi connectivity index (χ4n) is 3.09. The van der Waals surface area contributed by atoms with Gasteiger partial charge in [-0.2, -0.15) is 0 Å². The van der Waals surface area contributed by atoms with E-state index in [0.29, 0.717) is 25.6 Å². The molecule has 0 saturated heterocycles. The maximum atomic E-state index is 11.1. The lowest BCUT2D eigenvalue weighted by molar-refractivity contribution is -0.119. The highest BCUT2D eigenvalue weighted by atomic mass is 16.5. The topological polar surface area (TPSA) is 73.6 Å². The van der Waals surface area contributed by atoms with Crippen LogP contribution in [0.1, 0.15) is 30.9 Å². The first-order valence-corrected chi connectivity index (χ1v) is 10.1. The molecule has 1 heterocycles. The number of benzene rings is 2. The fraction of sp³-hybridized carbons (Fsp3) is 0.333. The van der Waals surface area contributed by atoms with Crippen molar-refractivity contribution in [1.29, 1.82) is 0 Å². The van der Waals surface area contributed by atoms with Gasteiger partial charge in [0.25, 0.3) is 0 Å². The number of nitrogens with zero attached hydrogens (tertiary/aromatic N) is 1. The van der Waals surface area contributed by atoms with Crippen molar-refractivity contribution in [2.75, 3.05) is 13.2 Å². The van der Waals surface area contributed by atoms with Gasteiger partial charge in [-0.05, 0) is 43.7 Å². The van der Waals surface area contributed by atoms with Crippen LogP contribution in [0.15, 0.2) is 59.0 Å². The quantitative estimate of drug-likeness (QED) is 0.541. The highest BCUT2D eigenvalue weighted by Gasteiger charge is 2.13. The lowest BCUT2D eigenvalue weighted by Crippen LogP contribution is -2.33. The summed E-state index contributed by atoms with van der Waals surface area (Å²) in [6.45, 7) is 6.79. The summed E-state index contributed by atoms with van der Waals surface area (Å²) in [7, 11) is 0. The van der Waals surface area contributed by atoms with Gasteiger partial charge in [0.2, 0.25) is 11.8 Å². The van der Waals surface area contributed by atoms with E-state index in [1.54, 1.807) is 0 Å². The standard InChI is InChI=1S/C24H28N2O4/c1-4-28-22(15-25-18(3)27)14-19-10-12-21(13-11-19)29-16-23-17(2)30-24(26-23)20-8-6-5-7-9-20/h5-13,22H,4,14-16H2,1-3H3,(H,25,27)/t22-/m0/s1. The first-order chi connectivity index (χ1) is 14.5. The number of aryl methyl sites for hydroxylation is 1. The molecule has 0 radical (unpaired) electrons. The molecule has 1 aromatic heterocycles. The lowest BCUT2D eigenvalue weighted by Gasteiger charge is -2.17. The first kappa shape index (κ1) is 21.6. The van der Waals surface area contributed by atoms with E-state index in [0.717, 1.165) is 34.8 Å². The average molecular weight is 408 g/mol. The number of oxazole rings is 1. The molecule has 158 valence electrons. The van der Waals surface area contributed by atoms with Gasteiger partial charge in [0.1, 0.15) is 23.8 Å². The minimum Gasteiger partial charge on any atom is -0.487 e. The molecule has 0 aliphatic carbocycles. The van der Waals surface area contributed by atoms with Crippen LogP contribution >= 0.6 is 0 Å². The number of hydrogen-bond acceptors (Lipinski definition) is 5. The minimum atomic E-state index is -0.0557. The molecule has 1 N–H and O–H groups in total. The molecule has 0 aliphatic heterocycles. The Balaban J connectivity index is 1.57. The van der Waals surface area contributed by atoms with E-state index in [-0.39, 0.29) is 12.0 Å². The molecule has 0 spiro atoms. The number of nitrogens with one attached hydrogen (secondary N) is 1. The number of aromatic nitrogens is 1. The SMILES string of the molecule is CCO[C@H](CNC(C)=O)Cc1ccc(OCc2nc(-c3ccccc3)oc2C)cc1. The molecule has 0 bridgehead atoms. The molecule has 3 aromatic rings. The average Bonchev–Trinajstić information content (AvgIpc) is 3.13. The van der Waals surface area contributed by atoms with Gasteiger partial charge >= 0.3 is 0 Å². The van der Waals surface area contributed by atoms with Crippen molar-refractivity contribution in [3.8, 4) is 17.2 Å². The van der Waals surface area contributed by atoms with Crippen molar-refractivity contribution in [3.63, 3.8) is 0 Å². The Morgan fingerprint density at radius 1 is 1.13 bits per heavy atom. The maximum absolute atomic E-state index is 11.1. The van der Waals surface area contributed by atoms with Crippen molar-refractivity contribution in [2.24, 2.45) is 0 Å². The molecular formula is C24H28N2O4. The molecule has 1 atom stereocenters. The molecule has 0 unspecified atom stereocenters. The zero-order valence-corrected chi connectivity index (χ0v) is 17.7. The molecule has 3 rings (SSSR count). The van der Waals surface area contributed by atoms with Crippen molar-refractivity contribution in [3.05, 3.63) is 71.6 Å². The number of carbonyl (C=O) groups is 1. The molecule has 0 fully saturated rings. The zero-order valence-electron chi connectivity index (χ0n) is 17.7. The third-order valence-electron chi connectivity index (χ3n) is 4.66. The number of hydrogen-bond donors (Lipinski definition) is 1. The van der Waals surface area contributed by atoms with Crippen molar-refractivity contribution < 1.29 is 18.7 Å². The Labute approximate surface area is 177 Å². The van der Waals surface area contributed by atoms with E-state index in [9.17, 15) is 4.79 Å². The van der Waals surface area contributed by atoms with Crippen LogP contribution in [-0.2, 0) is 22.6 Å². The largest absolute Gasteiger partial charge is 0.487 e. The summed E-state index contributed by atoms with van der Waals surface area (Å²) < 4.78 is 17.4. The minimum absolute atomic E-state index is 0.0537. The maximum Gasteiger partial charge on any atom is 0.226 e. The van der Waals surface area contributed by atoms with Gasteiger partial charge in [-0.25, -0.2) is 4.98 Å². The van der Waals surface area contributed by atoms with Crippen molar-refractivity contribution in [1.82, 2.24) is 10.3 Å².